The summed E-state index contributed by atoms with van der Waals surface area (Å²) in [6.07, 6.45) is -3.68. The quantitative estimate of drug-likeness (QED) is 0.748. The number of nitrogens with zero attached hydrogens (tertiary/aromatic N) is 3. The van der Waals surface area contributed by atoms with Crippen molar-refractivity contribution in [3.8, 4) is 0 Å². The van der Waals surface area contributed by atoms with Crippen LogP contribution in [-0.2, 0) is 10.9 Å². The topological polar surface area (TPSA) is 87.5 Å². The molecule has 2 aliphatic rings. The average Bonchev–Trinajstić information content (AvgIpc) is 3.29. The molecule has 0 spiro atoms. The number of urea groups is 1. The number of benzene rings is 1. The Morgan fingerprint density at radius 1 is 1.16 bits per heavy atom. The molecule has 3 N–H and O–H groups in total. The second kappa shape index (κ2) is 9.11. The molecular formula is C22H28F3N5O2. The first-order valence-corrected chi connectivity index (χ1v) is 10.8. The predicted octanol–water partition coefficient (Wildman–Crippen LogP) is 3.47. The van der Waals surface area contributed by atoms with E-state index in [0.29, 0.717) is 45.8 Å². The Balaban J connectivity index is 1.59. The molecule has 0 radical (unpaired) electrons. The zero-order chi connectivity index (χ0) is 22.9. The monoisotopic (exact) mass is 451 g/mol. The van der Waals surface area contributed by atoms with Crippen molar-refractivity contribution in [1.82, 2.24) is 20.0 Å². The fourth-order valence-electron chi connectivity index (χ4n) is 4.42. The van der Waals surface area contributed by atoms with Gasteiger partial charge in [0.25, 0.3) is 0 Å². The van der Waals surface area contributed by atoms with Gasteiger partial charge < -0.3 is 20.3 Å². The summed E-state index contributed by atoms with van der Waals surface area (Å²) in [5.41, 5.74) is 7.67. The van der Waals surface area contributed by atoms with Gasteiger partial charge in [-0.1, -0.05) is 12.1 Å². The van der Waals surface area contributed by atoms with Crippen LogP contribution in [0.1, 0.15) is 53.7 Å². The summed E-state index contributed by atoms with van der Waals surface area (Å²) in [5.74, 6) is -0.121. The van der Waals surface area contributed by atoms with E-state index in [2.05, 4.69) is 10.2 Å². The molecule has 32 heavy (non-hydrogen) atoms. The number of rotatable bonds is 3. The normalized spacial score (nSPS) is 23.3. The Morgan fingerprint density at radius 3 is 2.41 bits per heavy atom. The number of aromatic amines is 1. The molecule has 4 rings (SSSR count). The highest BCUT2D eigenvalue weighted by Crippen LogP contribution is 2.37. The summed E-state index contributed by atoms with van der Waals surface area (Å²) in [5, 5.41) is 7.33. The van der Waals surface area contributed by atoms with Crippen LogP contribution < -0.4 is 5.73 Å². The van der Waals surface area contributed by atoms with Crippen molar-refractivity contribution in [3.63, 3.8) is 0 Å². The number of amides is 2. The van der Waals surface area contributed by atoms with Gasteiger partial charge >= 0.3 is 12.2 Å². The van der Waals surface area contributed by atoms with Gasteiger partial charge in [0.05, 0.1) is 24.5 Å². The van der Waals surface area contributed by atoms with E-state index in [0.717, 1.165) is 29.1 Å². The van der Waals surface area contributed by atoms with Gasteiger partial charge in [-0.25, -0.2) is 4.79 Å². The second-order valence-corrected chi connectivity index (χ2v) is 8.57. The van der Waals surface area contributed by atoms with Crippen LogP contribution in [0.5, 0.6) is 0 Å². The first-order valence-electron chi connectivity index (χ1n) is 10.8. The first-order chi connectivity index (χ1) is 15.2. The van der Waals surface area contributed by atoms with Gasteiger partial charge in [-0.05, 0) is 37.1 Å². The standard InChI is InChI=1S/C22H28F3N5O2/c1-14(26)19-11-20(28-27-19)17-10-16(15-2-4-18(5-3-15)22(23,24)25)12-30(13-17)21(31)29-6-8-32-9-7-29/h2-5,11,14,16-17H,6-10,12-13,26H2,1H3,(H,27,28)/t14-,16?,17?/m0/s1. The average molecular weight is 451 g/mol. The van der Waals surface area contributed by atoms with Gasteiger partial charge in [0.2, 0.25) is 0 Å². The molecule has 2 amide bonds. The van der Waals surface area contributed by atoms with Gasteiger partial charge in [-0.2, -0.15) is 18.3 Å². The summed E-state index contributed by atoms with van der Waals surface area (Å²) in [6.45, 7) is 4.88. The number of piperidine rings is 1. The number of carbonyl (C=O) groups excluding carboxylic acids is 1. The van der Waals surface area contributed by atoms with Crippen LogP contribution >= 0.6 is 0 Å². The van der Waals surface area contributed by atoms with Gasteiger partial charge in [0, 0.05) is 49.8 Å². The molecule has 0 saturated carbocycles. The SMILES string of the molecule is C[C@H](N)c1cc(C2CC(c3ccc(C(F)(F)F)cc3)CN(C(=O)N3CCOCC3)C2)[nH]n1. The molecule has 2 unspecified atom stereocenters. The molecule has 7 nitrogen and oxygen atoms in total. The number of hydrogen-bond donors (Lipinski definition) is 2. The van der Waals surface area contributed by atoms with Crippen LogP contribution in [0.15, 0.2) is 30.3 Å². The third kappa shape index (κ3) is 4.91. The number of halogens is 3. The minimum Gasteiger partial charge on any atom is -0.378 e. The van der Waals surface area contributed by atoms with Crippen molar-refractivity contribution in [2.75, 3.05) is 39.4 Å². The maximum atomic E-state index is 13.2. The van der Waals surface area contributed by atoms with Gasteiger partial charge in [0.1, 0.15) is 0 Å². The van der Waals surface area contributed by atoms with Gasteiger partial charge in [0.15, 0.2) is 0 Å². The molecule has 3 atom stereocenters. The number of nitrogens with one attached hydrogen (secondary N) is 1. The van der Waals surface area contributed by atoms with Crippen molar-refractivity contribution < 1.29 is 22.7 Å². The summed E-state index contributed by atoms with van der Waals surface area (Å²) in [4.78, 5) is 16.8. The van der Waals surface area contributed by atoms with Crippen molar-refractivity contribution in [1.29, 1.82) is 0 Å². The number of hydrogen-bond acceptors (Lipinski definition) is 4. The minimum absolute atomic E-state index is 0.0268. The Kier molecular flexibility index (Phi) is 6.43. The summed E-state index contributed by atoms with van der Waals surface area (Å²) in [7, 11) is 0. The van der Waals surface area contributed by atoms with Crippen molar-refractivity contribution in [3.05, 3.63) is 52.8 Å². The van der Waals surface area contributed by atoms with Crippen LogP contribution in [0.4, 0.5) is 18.0 Å². The lowest BCUT2D eigenvalue weighted by atomic mass is 9.82. The highest BCUT2D eigenvalue weighted by molar-refractivity contribution is 5.75. The zero-order valence-corrected chi connectivity index (χ0v) is 17.9. The number of morpholine rings is 1. The van der Waals surface area contributed by atoms with Crippen LogP contribution in [0.3, 0.4) is 0 Å². The number of ether oxygens (including phenoxy) is 1. The van der Waals surface area contributed by atoms with E-state index >= 15 is 0 Å². The number of aromatic nitrogens is 2. The third-order valence-electron chi connectivity index (χ3n) is 6.24. The molecule has 0 aliphatic carbocycles. The molecule has 2 saturated heterocycles. The van der Waals surface area contributed by atoms with Gasteiger partial charge in [-0.15, -0.1) is 0 Å². The second-order valence-electron chi connectivity index (χ2n) is 8.57. The van der Waals surface area contributed by atoms with E-state index < -0.39 is 11.7 Å². The lowest BCUT2D eigenvalue weighted by Gasteiger charge is -2.41. The summed E-state index contributed by atoms with van der Waals surface area (Å²) < 4.78 is 44.3. The van der Waals surface area contributed by atoms with E-state index in [4.69, 9.17) is 10.5 Å². The molecule has 2 aromatic rings. The van der Waals surface area contributed by atoms with Crippen LogP contribution in [0.2, 0.25) is 0 Å². The molecule has 2 aliphatic heterocycles. The van der Waals surface area contributed by atoms with E-state index in [1.54, 1.807) is 9.80 Å². The third-order valence-corrected chi connectivity index (χ3v) is 6.24. The fraction of sp³-hybridized carbons (Fsp3) is 0.545. The van der Waals surface area contributed by atoms with E-state index in [1.165, 1.54) is 12.1 Å². The Bertz CT molecular complexity index is 922. The van der Waals surface area contributed by atoms with Crippen LogP contribution in [0.25, 0.3) is 0 Å². The molecule has 3 heterocycles. The Morgan fingerprint density at radius 2 is 1.81 bits per heavy atom. The number of carbonyl (C=O) groups is 1. The Hall–Kier alpha value is -2.59. The van der Waals surface area contributed by atoms with E-state index in [1.807, 2.05) is 13.0 Å². The minimum atomic E-state index is -4.38. The van der Waals surface area contributed by atoms with E-state index in [9.17, 15) is 18.0 Å². The largest absolute Gasteiger partial charge is 0.416 e. The van der Waals surface area contributed by atoms with Crippen LogP contribution in [0, 0.1) is 0 Å². The molecule has 1 aromatic carbocycles. The highest BCUT2D eigenvalue weighted by atomic mass is 19.4. The van der Waals surface area contributed by atoms with Crippen molar-refractivity contribution in [2.24, 2.45) is 5.73 Å². The van der Waals surface area contributed by atoms with Crippen LogP contribution in [-0.4, -0.2) is 65.4 Å². The predicted molar refractivity (Wildman–Crippen MR) is 112 cm³/mol. The highest BCUT2D eigenvalue weighted by Gasteiger charge is 2.36. The summed E-state index contributed by atoms with van der Waals surface area (Å²) >= 11 is 0. The molecule has 1 aromatic heterocycles. The maximum absolute atomic E-state index is 13.2. The molecule has 174 valence electrons. The smallest absolute Gasteiger partial charge is 0.378 e. The zero-order valence-electron chi connectivity index (χ0n) is 17.9. The molecular weight excluding hydrogens is 423 g/mol. The lowest BCUT2D eigenvalue weighted by Crippen LogP contribution is -2.52. The fourth-order valence-corrected chi connectivity index (χ4v) is 4.42. The lowest BCUT2D eigenvalue weighted by molar-refractivity contribution is -0.137. The van der Waals surface area contributed by atoms with Crippen molar-refractivity contribution in [2.45, 2.75) is 37.4 Å². The number of likely N-dealkylation sites (tertiary alicyclic amines) is 1. The van der Waals surface area contributed by atoms with E-state index in [-0.39, 0.29) is 23.9 Å². The first kappa shape index (κ1) is 22.6. The molecule has 2 fully saturated rings. The Labute approximate surface area is 184 Å². The summed E-state index contributed by atoms with van der Waals surface area (Å²) in [6, 6.07) is 6.89. The maximum Gasteiger partial charge on any atom is 0.416 e. The molecule has 0 bridgehead atoms. The number of H-pyrrole nitrogens is 1. The molecule has 10 heteroatoms. The number of alkyl halides is 3. The number of nitrogens with two attached hydrogens (primary N) is 1. The van der Waals surface area contributed by atoms with Crippen molar-refractivity contribution >= 4 is 6.03 Å². The van der Waals surface area contributed by atoms with Gasteiger partial charge in [-0.3, -0.25) is 5.10 Å².